The molecule has 2 nitrogen and oxygen atoms in total. The van der Waals surface area contributed by atoms with Gasteiger partial charge in [-0.05, 0) is 19.8 Å². The highest BCUT2D eigenvalue weighted by Crippen LogP contribution is 2.07. The first kappa shape index (κ1) is 14.5. The number of carbonyl (C=O) groups is 1. The predicted molar refractivity (Wildman–Crippen MR) is 56.8 cm³/mol. The normalized spacial score (nSPS) is 9.92. The number of allylic oxidation sites excluding steroid dienone is 3. The summed E-state index contributed by atoms with van der Waals surface area (Å²) in [5.41, 5.74) is 1.12. The number of carboxylic acids is 1. The Hall–Kier alpha value is -1.05. The van der Waals surface area contributed by atoms with E-state index >= 15 is 0 Å². The minimum Gasteiger partial charge on any atom is -0.481 e. The van der Waals surface area contributed by atoms with E-state index in [0.29, 0.717) is 6.42 Å². The number of carboxylic acid groups (broad SMARTS) is 1. The molecular formula is C11H20O2. The molecule has 0 amide bonds. The van der Waals surface area contributed by atoms with Crippen LogP contribution in [0.2, 0.25) is 0 Å². The maximum absolute atomic E-state index is 10.1. The smallest absolute Gasteiger partial charge is 0.303 e. The van der Waals surface area contributed by atoms with Crippen molar-refractivity contribution >= 4 is 5.97 Å². The highest BCUT2D eigenvalue weighted by Gasteiger charge is 1.96. The van der Waals surface area contributed by atoms with Crippen LogP contribution in [0.25, 0.3) is 0 Å². The van der Waals surface area contributed by atoms with Gasteiger partial charge in [-0.2, -0.15) is 0 Å². The summed E-state index contributed by atoms with van der Waals surface area (Å²) in [7, 11) is 0. The van der Waals surface area contributed by atoms with E-state index in [9.17, 15) is 4.79 Å². The molecule has 0 aliphatic rings. The molecule has 0 aromatic carbocycles. The van der Waals surface area contributed by atoms with Crippen molar-refractivity contribution in [1.29, 1.82) is 0 Å². The molecule has 0 saturated heterocycles. The Labute approximate surface area is 81.0 Å². The van der Waals surface area contributed by atoms with E-state index in [2.05, 4.69) is 6.58 Å². The van der Waals surface area contributed by atoms with Crippen LogP contribution in [0.5, 0.6) is 0 Å². The van der Waals surface area contributed by atoms with Crippen LogP contribution in [0.15, 0.2) is 24.3 Å². The fraction of sp³-hybridized carbons (Fsp3) is 0.545. The van der Waals surface area contributed by atoms with E-state index in [1.165, 1.54) is 0 Å². The molecule has 0 radical (unpaired) electrons. The third-order valence-electron chi connectivity index (χ3n) is 1.49. The second kappa shape index (κ2) is 11.0. The summed E-state index contributed by atoms with van der Waals surface area (Å²) in [5, 5.41) is 8.33. The van der Waals surface area contributed by atoms with Gasteiger partial charge in [-0.1, -0.05) is 38.2 Å². The predicted octanol–water partition coefficient (Wildman–Crippen LogP) is 3.40. The second-order valence-corrected chi connectivity index (χ2v) is 2.32. The van der Waals surface area contributed by atoms with Crippen LogP contribution >= 0.6 is 0 Å². The average molecular weight is 184 g/mol. The number of rotatable bonds is 5. The third kappa shape index (κ3) is 10.9. The van der Waals surface area contributed by atoms with Crippen LogP contribution in [0.4, 0.5) is 0 Å². The van der Waals surface area contributed by atoms with E-state index < -0.39 is 5.97 Å². The lowest BCUT2D eigenvalue weighted by molar-refractivity contribution is -0.137. The molecule has 0 aliphatic carbocycles. The van der Waals surface area contributed by atoms with Gasteiger partial charge in [0, 0.05) is 6.42 Å². The fourth-order valence-corrected chi connectivity index (χ4v) is 0.808. The van der Waals surface area contributed by atoms with Crippen LogP contribution in [0.1, 0.15) is 40.0 Å². The fourth-order valence-electron chi connectivity index (χ4n) is 0.808. The van der Waals surface area contributed by atoms with Crippen LogP contribution < -0.4 is 0 Å². The molecule has 0 aromatic rings. The molecule has 13 heavy (non-hydrogen) atoms. The Bertz CT molecular complexity index is 169. The van der Waals surface area contributed by atoms with Gasteiger partial charge in [0.25, 0.3) is 0 Å². The lowest BCUT2D eigenvalue weighted by Gasteiger charge is -1.97. The van der Waals surface area contributed by atoms with Crippen LogP contribution in [-0.4, -0.2) is 11.1 Å². The van der Waals surface area contributed by atoms with Crippen molar-refractivity contribution in [2.75, 3.05) is 0 Å². The van der Waals surface area contributed by atoms with Gasteiger partial charge in [-0.25, -0.2) is 0 Å². The Morgan fingerprint density at radius 1 is 1.38 bits per heavy atom. The third-order valence-corrected chi connectivity index (χ3v) is 1.49. The Balaban J connectivity index is 0. The molecule has 0 fully saturated rings. The molecule has 0 aromatic heterocycles. The molecule has 0 spiro atoms. The van der Waals surface area contributed by atoms with E-state index in [1.54, 1.807) is 6.08 Å². The number of hydrogen-bond donors (Lipinski definition) is 1. The summed E-state index contributed by atoms with van der Waals surface area (Å²) in [6.45, 7) is 9.54. The van der Waals surface area contributed by atoms with Gasteiger partial charge in [0.15, 0.2) is 0 Å². The largest absolute Gasteiger partial charge is 0.481 e. The minimum absolute atomic E-state index is 0.241. The molecule has 0 heterocycles. The lowest BCUT2D eigenvalue weighted by Crippen LogP contribution is -1.93. The second-order valence-electron chi connectivity index (χ2n) is 2.32. The summed E-state index contributed by atoms with van der Waals surface area (Å²) in [6.07, 6.45) is 5.47. The summed E-state index contributed by atoms with van der Waals surface area (Å²) in [4.78, 5) is 10.1. The first-order chi connectivity index (χ1) is 6.20. The lowest BCUT2D eigenvalue weighted by atomic mass is 10.1. The van der Waals surface area contributed by atoms with E-state index in [-0.39, 0.29) is 6.42 Å². The monoisotopic (exact) mass is 184 g/mol. The van der Waals surface area contributed by atoms with Gasteiger partial charge in [0.2, 0.25) is 0 Å². The van der Waals surface area contributed by atoms with Gasteiger partial charge in [-0.3, -0.25) is 4.79 Å². The molecule has 0 bridgehead atoms. The van der Waals surface area contributed by atoms with Crippen LogP contribution in [0, 0.1) is 0 Å². The highest BCUT2D eigenvalue weighted by molar-refractivity contribution is 5.66. The molecule has 2 heteroatoms. The molecule has 76 valence electrons. The summed E-state index contributed by atoms with van der Waals surface area (Å²) in [6, 6.07) is 0. The van der Waals surface area contributed by atoms with Crippen molar-refractivity contribution in [1.82, 2.24) is 0 Å². The molecule has 1 N–H and O–H groups in total. The van der Waals surface area contributed by atoms with Crippen molar-refractivity contribution in [3.8, 4) is 0 Å². The quantitative estimate of drug-likeness (QED) is 0.665. The molecule has 0 aliphatic heterocycles. The first-order valence-corrected chi connectivity index (χ1v) is 4.70. The highest BCUT2D eigenvalue weighted by atomic mass is 16.4. The zero-order valence-corrected chi connectivity index (χ0v) is 8.84. The first-order valence-electron chi connectivity index (χ1n) is 4.70. The summed E-state index contributed by atoms with van der Waals surface area (Å²) >= 11 is 0. The zero-order valence-electron chi connectivity index (χ0n) is 8.84. The van der Waals surface area contributed by atoms with Gasteiger partial charge in [-0.15, -0.1) is 0 Å². The Morgan fingerprint density at radius 3 is 2.23 bits per heavy atom. The van der Waals surface area contributed by atoms with E-state index in [1.807, 2.05) is 26.8 Å². The molecule has 0 atom stereocenters. The standard InChI is InChI=1S/C9H14O2.C2H6/c1-3-8(4-2)6-5-7-9(10)11;1-2/h3-4H,1,5-7H2,2H3,(H,10,11);1-2H3/b8-4+;. The number of aliphatic carboxylic acids is 1. The molecule has 0 unspecified atom stereocenters. The van der Waals surface area contributed by atoms with Crippen molar-refractivity contribution in [2.45, 2.75) is 40.0 Å². The minimum atomic E-state index is -0.732. The Morgan fingerprint density at radius 2 is 1.92 bits per heavy atom. The molecule has 0 saturated carbocycles. The van der Waals surface area contributed by atoms with Crippen LogP contribution in [0.3, 0.4) is 0 Å². The Kier molecular flexibility index (Phi) is 12.2. The maximum atomic E-state index is 10.1. The van der Waals surface area contributed by atoms with Crippen molar-refractivity contribution < 1.29 is 9.90 Å². The molecule has 0 rings (SSSR count). The van der Waals surface area contributed by atoms with Gasteiger partial charge in [0.05, 0.1) is 0 Å². The van der Waals surface area contributed by atoms with Gasteiger partial charge >= 0.3 is 5.97 Å². The van der Waals surface area contributed by atoms with Crippen molar-refractivity contribution in [3.63, 3.8) is 0 Å². The van der Waals surface area contributed by atoms with E-state index in [4.69, 9.17) is 5.11 Å². The maximum Gasteiger partial charge on any atom is 0.303 e. The summed E-state index contributed by atoms with van der Waals surface area (Å²) in [5.74, 6) is -0.732. The van der Waals surface area contributed by atoms with Gasteiger partial charge in [0.1, 0.15) is 0 Å². The van der Waals surface area contributed by atoms with Crippen molar-refractivity contribution in [2.24, 2.45) is 0 Å². The zero-order chi connectivity index (χ0) is 10.7. The molecular weight excluding hydrogens is 164 g/mol. The SMILES string of the molecule is C=C/C(=C\C)CCCC(=O)O.CC. The van der Waals surface area contributed by atoms with Gasteiger partial charge < -0.3 is 5.11 Å². The average Bonchev–Trinajstić information content (AvgIpc) is 2.15. The number of hydrogen-bond acceptors (Lipinski definition) is 1. The summed E-state index contributed by atoms with van der Waals surface area (Å²) < 4.78 is 0. The van der Waals surface area contributed by atoms with Crippen molar-refractivity contribution in [3.05, 3.63) is 24.3 Å². The van der Waals surface area contributed by atoms with E-state index in [0.717, 1.165) is 12.0 Å². The van der Waals surface area contributed by atoms with Crippen LogP contribution in [-0.2, 0) is 4.79 Å². The topological polar surface area (TPSA) is 37.3 Å².